The molecule has 0 spiro atoms. The van der Waals surface area contributed by atoms with Crippen molar-refractivity contribution in [3.63, 3.8) is 0 Å². The molecule has 0 heterocycles. The van der Waals surface area contributed by atoms with Crippen LogP contribution >= 0.6 is 0 Å². The maximum atomic E-state index is 13.6. The van der Waals surface area contributed by atoms with E-state index in [1.165, 1.54) is 42.5 Å². The lowest BCUT2D eigenvalue weighted by Gasteiger charge is -2.10. The summed E-state index contributed by atoms with van der Waals surface area (Å²) in [5, 5.41) is 0. The number of nitrogens with two attached hydrogens (primary N) is 1. The van der Waals surface area contributed by atoms with E-state index < -0.39 is 21.7 Å². The minimum Gasteiger partial charge on any atom is -0.366 e. The summed E-state index contributed by atoms with van der Waals surface area (Å²) in [6.45, 7) is 1.72. The molecule has 0 fully saturated rings. The van der Waals surface area contributed by atoms with Gasteiger partial charge in [0.25, 0.3) is 10.0 Å². The van der Waals surface area contributed by atoms with Crippen LogP contribution in [0.3, 0.4) is 0 Å². The van der Waals surface area contributed by atoms with E-state index in [0.717, 1.165) is 5.56 Å². The van der Waals surface area contributed by atoms with Gasteiger partial charge >= 0.3 is 0 Å². The van der Waals surface area contributed by atoms with Gasteiger partial charge in [0.05, 0.1) is 10.6 Å². The standard InChI is InChI=1S/C14H13FN2O3S/c1-9-2-7-12(15)13(8-9)17-21(19,20)11-5-3-10(4-6-11)14(16)18/h2-8,17H,1H3,(H2,16,18). The van der Waals surface area contributed by atoms with Crippen molar-refractivity contribution >= 4 is 21.6 Å². The van der Waals surface area contributed by atoms with Crippen molar-refractivity contribution < 1.29 is 17.6 Å². The highest BCUT2D eigenvalue weighted by atomic mass is 32.2. The van der Waals surface area contributed by atoms with Gasteiger partial charge in [-0.3, -0.25) is 9.52 Å². The van der Waals surface area contributed by atoms with Gasteiger partial charge in [0, 0.05) is 5.56 Å². The molecule has 7 heteroatoms. The topological polar surface area (TPSA) is 89.3 Å². The number of aryl methyl sites for hydroxylation is 1. The zero-order valence-corrected chi connectivity index (χ0v) is 11.9. The first kappa shape index (κ1) is 15.0. The van der Waals surface area contributed by atoms with Gasteiger partial charge in [-0.05, 0) is 48.9 Å². The Hall–Kier alpha value is -2.41. The third-order valence-corrected chi connectivity index (χ3v) is 4.20. The number of benzene rings is 2. The van der Waals surface area contributed by atoms with Crippen molar-refractivity contribution in [2.75, 3.05) is 4.72 Å². The molecule has 0 aliphatic carbocycles. The zero-order valence-electron chi connectivity index (χ0n) is 11.1. The summed E-state index contributed by atoms with van der Waals surface area (Å²) in [4.78, 5) is 10.9. The van der Waals surface area contributed by atoms with E-state index in [2.05, 4.69) is 4.72 Å². The number of halogens is 1. The second-order valence-corrected chi connectivity index (χ2v) is 6.16. The Morgan fingerprint density at radius 2 is 1.76 bits per heavy atom. The van der Waals surface area contributed by atoms with Crippen LogP contribution in [-0.4, -0.2) is 14.3 Å². The van der Waals surface area contributed by atoms with Gasteiger partial charge in [-0.15, -0.1) is 0 Å². The maximum absolute atomic E-state index is 13.6. The monoisotopic (exact) mass is 308 g/mol. The normalized spacial score (nSPS) is 11.1. The number of amides is 1. The van der Waals surface area contributed by atoms with Gasteiger partial charge in [-0.2, -0.15) is 0 Å². The van der Waals surface area contributed by atoms with E-state index in [1.807, 2.05) is 0 Å². The molecule has 110 valence electrons. The first-order chi connectivity index (χ1) is 9.79. The van der Waals surface area contributed by atoms with Gasteiger partial charge in [0.15, 0.2) is 0 Å². The van der Waals surface area contributed by atoms with Gasteiger partial charge < -0.3 is 5.73 Å². The molecule has 0 atom stereocenters. The van der Waals surface area contributed by atoms with Gasteiger partial charge in [0.1, 0.15) is 5.82 Å². The minimum absolute atomic E-state index is 0.0894. The second-order valence-electron chi connectivity index (χ2n) is 4.48. The highest BCUT2D eigenvalue weighted by Crippen LogP contribution is 2.20. The van der Waals surface area contributed by atoms with Crippen LogP contribution < -0.4 is 10.5 Å². The molecular formula is C14H13FN2O3S. The number of primary amides is 1. The quantitative estimate of drug-likeness (QED) is 0.905. The summed E-state index contributed by atoms with van der Waals surface area (Å²) in [6.07, 6.45) is 0. The van der Waals surface area contributed by atoms with Crippen LogP contribution in [0.1, 0.15) is 15.9 Å². The Labute approximate surface area is 121 Å². The number of carbonyl (C=O) groups excluding carboxylic acids is 1. The minimum atomic E-state index is -3.94. The summed E-state index contributed by atoms with van der Waals surface area (Å²) < 4.78 is 40.1. The fourth-order valence-corrected chi connectivity index (χ4v) is 2.78. The largest absolute Gasteiger partial charge is 0.366 e. The molecule has 0 aliphatic heterocycles. The van der Waals surface area contributed by atoms with E-state index >= 15 is 0 Å². The molecular weight excluding hydrogens is 295 g/mol. The predicted molar refractivity (Wildman–Crippen MR) is 76.9 cm³/mol. The highest BCUT2D eigenvalue weighted by molar-refractivity contribution is 7.92. The van der Waals surface area contributed by atoms with Gasteiger partial charge in [-0.25, -0.2) is 12.8 Å². The van der Waals surface area contributed by atoms with E-state index in [1.54, 1.807) is 6.92 Å². The summed E-state index contributed by atoms with van der Waals surface area (Å²) in [7, 11) is -3.94. The molecule has 5 nitrogen and oxygen atoms in total. The van der Waals surface area contributed by atoms with Gasteiger partial charge in [-0.1, -0.05) is 6.07 Å². The van der Waals surface area contributed by atoms with Crippen molar-refractivity contribution in [1.29, 1.82) is 0 Å². The van der Waals surface area contributed by atoms with E-state index in [-0.39, 0.29) is 16.1 Å². The lowest BCUT2D eigenvalue weighted by atomic mass is 10.2. The molecule has 3 N–H and O–H groups in total. The van der Waals surface area contributed by atoms with Crippen LogP contribution in [0.2, 0.25) is 0 Å². The number of carbonyl (C=O) groups is 1. The smallest absolute Gasteiger partial charge is 0.261 e. The molecule has 0 saturated carbocycles. The van der Waals surface area contributed by atoms with Crippen LogP contribution in [0.15, 0.2) is 47.4 Å². The fourth-order valence-electron chi connectivity index (χ4n) is 1.72. The van der Waals surface area contributed by atoms with Crippen LogP contribution in [0.4, 0.5) is 10.1 Å². The average Bonchev–Trinajstić information content (AvgIpc) is 2.43. The lowest BCUT2D eigenvalue weighted by Crippen LogP contribution is -2.15. The van der Waals surface area contributed by atoms with Crippen molar-refractivity contribution in [2.45, 2.75) is 11.8 Å². The lowest BCUT2D eigenvalue weighted by molar-refractivity contribution is 0.1000. The summed E-state index contributed by atoms with van der Waals surface area (Å²) in [5.74, 6) is -1.32. The van der Waals surface area contributed by atoms with Crippen molar-refractivity contribution in [3.05, 3.63) is 59.4 Å². The molecule has 1 amide bonds. The van der Waals surface area contributed by atoms with Crippen LogP contribution in [0.25, 0.3) is 0 Å². The first-order valence-electron chi connectivity index (χ1n) is 5.98. The number of hydrogen-bond donors (Lipinski definition) is 2. The Bertz CT molecular complexity index is 786. The number of rotatable bonds is 4. The number of hydrogen-bond acceptors (Lipinski definition) is 3. The van der Waals surface area contributed by atoms with Crippen molar-refractivity contribution in [3.8, 4) is 0 Å². The van der Waals surface area contributed by atoms with E-state index in [4.69, 9.17) is 5.73 Å². The summed E-state index contributed by atoms with van der Waals surface area (Å²) in [6, 6.07) is 9.17. The molecule has 0 aromatic heterocycles. The van der Waals surface area contributed by atoms with E-state index in [9.17, 15) is 17.6 Å². The van der Waals surface area contributed by atoms with Crippen LogP contribution in [0, 0.1) is 12.7 Å². The molecule has 0 aliphatic rings. The van der Waals surface area contributed by atoms with Crippen LogP contribution in [-0.2, 0) is 10.0 Å². The third-order valence-electron chi connectivity index (χ3n) is 2.82. The van der Waals surface area contributed by atoms with Crippen molar-refractivity contribution in [1.82, 2.24) is 0 Å². The number of anilines is 1. The highest BCUT2D eigenvalue weighted by Gasteiger charge is 2.16. The van der Waals surface area contributed by atoms with E-state index in [0.29, 0.717) is 0 Å². The number of nitrogens with one attached hydrogen (secondary N) is 1. The molecule has 0 bridgehead atoms. The maximum Gasteiger partial charge on any atom is 0.261 e. The molecule has 2 rings (SSSR count). The third kappa shape index (κ3) is 3.38. The zero-order chi connectivity index (χ0) is 15.6. The fraction of sp³-hybridized carbons (Fsp3) is 0.0714. The Morgan fingerprint density at radius 3 is 2.33 bits per heavy atom. The predicted octanol–water partition coefficient (Wildman–Crippen LogP) is 2.03. The SMILES string of the molecule is Cc1ccc(F)c(NS(=O)(=O)c2ccc(C(N)=O)cc2)c1. The second kappa shape index (κ2) is 5.53. The molecule has 0 saturated heterocycles. The molecule has 2 aromatic carbocycles. The number of sulfonamides is 1. The molecule has 0 radical (unpaired) electrons. The van der Waals surface area contributed by atoms with Crippen molar-refractivity contribution in [2.24, 2.45) is 5.73 Å². The summed E-state index contributed by atoms with van der Waals surface area (Å²) >= 11 is 0. The summed E-state index contributed by atoms with van der Waals surface area (Å²) in [5.41, 5.74) is 5.86. The molecule has 2 aromatic rings. The van der Waals surface area contributed by atoms with Crippen LogP contribution in [0.5, 0.6) is 0 Å². The van der Waals surface area contributed by atoms with Gasteiger partial charge in [0.2, 0.25) is 5.91 Å². The molecule has 0 unspecified atom stereocenters. The Balaban J connectivity index is 2.34. The average molecular weight is 308 g/mol. The Morgan fingerprint density at radius 1 is 1.14 bits per heavy atom. The first-order valence-corrected chi connectivity index (χ1v) is 7.47. The molecule has 21 heavy (non-hydrogen) atoms. The Kier molecular flexibility index (Phi) is 3.95.